The average Bonchev–Trinajstić information content (AvgIpc) is 3.14. The summed E-state index contributed by atoms with van der Waals surface area (Å²) in [7, 11) is 0. The molecule has 1 aliphatic rings. The molecule has 1 N–H and O–H groups in total. The second-order valence-corrected chi connectivity index (χ2v) is 7.51. The van der Waals surface area contributed by atoms with Crippen molar-refractivity contribution in [2.75, 3.05) is 6.54 Å². The molecule has 0 bridgehead atoms. The third-order valence-electron chi connectivity index (χ3n) is 4.48. The lowest BCUT2D eigenvalue weighted by Crippen LogP contribution is -2.32. The molecule has 1 saturated carbocycles. The number of aromatic nitrogens is 2. The molecule has 6 heteroatoms. The zero-order valence-corrected chi connectivity index (χ0v) is 15.0. The van der Waals surface area contributed by atoms with Gasteiger partial charge >= 0.3 is 0 Å². The van der Waals surface area contributed by atoms with Crippen LogP contribution in [0.5, 0.6) is 0 Å². The summed E-state index contributed by atoms with van der Waals surface area (Å²) in [6, 6.07) is 7.53. The number of fused-ring (bicyclic) bond motifs is 1. The van der Waals surface area contributed by atoms with Crippen LogP contribution in [0.4, 0.5) is 0 Å². The van der Waals surface area contributed by atoms with Gasteiger partial charge in [0, 0.05) is 6.04 Å². The molecule has 2 aromatic rings. The van der Waals surface area contributed by atoms with Gasteiger partial charge in [-0.25, -0.2) is 4.98 Å². The molecular formula is C19H21N3O2S. The first-order valence-electron chi connectivity index (χ1n) is 8.51. The van der Waals surface area contributed by atoms with Crippen molar-refractivity contribution >= 4 is 28.6 Å². The molecule has 0 radical (unpaired) electrons. The average molecular weight is 355 g/mol. The molecule has 1 heterocycles. The van der Waals surface area contributed by atoms with E-state index in [1.807, 2.05) is 24.3 Å². The molecule has 1 aromatic carbocycles. The lowest BCUT2D eigenvalue weighted by Gasteiger charge is -2.20. The molecule has 1 unspecified atom stereocenters. The van der Waals surface area contributed by atoms with E-state index in [-0.39, 0.29) is 29.3 Å². The SMILES string of the molecule is C#CCNC(=O)C(C)Sc1nc2ccccc2c(=O)n1C1CCCC1. The van der Waals surface area contributed by atoms with Crippen LogP contribution in [-0.2, 0) is 4.79 Å². The molecule has 0 aliphatic heterocycles. The maximum Gasteiger partial charge on any atom is 0.262 e. The molecule has 1 aliphatic carbocycles. The first-order valence-corrected chi connectivity index (χ1v) is 9.39. The summed E-state index contributed by atoms with van der Waals surface area (Å²) in [5.74, 6) is 2.25. The number of amides is 1. The van der Waals surface area contributed by atoms with Gasteiger partial charge in [0.25, 0.3) is 5.56 Å². The Hall–Kier alpha value is -2.26. The molecule has 1 atom stereocenters. The summed E-state index contributed by atoms with van der Waals surface area (Å²) in [5.41, 5.74) is 0.650. The van der Waals surface area contributed by atoms with E-state index in [1.165, 1.54) is 11.8 Å². The number of hydrogen-bond donors (Lipinski definition) is 1. The number of hydrogen-bond acceptors (Lipinski definition) is 4. The monoisotopic (exact) mass is 355 g/mol. The molecule has 0 saturated heterocycles. The Kier molecular flexibility index (Phi) is 5.44. The molecule has 1 fully saturated rings. The predicted octanol–water partition coefficient (Wildman–Crippen LogP) is 2.74. The minimum Gasteiger partial charge on any atom is -0.344 e. The normalized spacial score (nSPS) is 15.8. The van der Waals surface area contributed by atoms with Gasteiger partial charge in [-0.15, -0.1) is 6.42 Å². The molecule has 0 spiro atoms. The highest BCUT2D eigenvalue weighted by Crippen LogP contribution is 2.33. The summed E-state index contributed by atoms with van der Waals surface area (Å²) in [5, 5.41) is 3.54. The Labute approximate surface area is 151 Å². The zero-order chi connectivity index (χ0) is 17.8. The van der Waals surface area contributed by atoms with E-state index in [0.717, 1.165) is 25.7 Å². The lowest BCUT2D eigenvalue weighted by molar-refractivity contribution is -0.120. The molecule has 1 amide bonds. The number of carbonyl (C=O) groups excluding carboxylic acids is 1. The summed E-state index contributed by atoms with van der Waals surface area (Å²) in [4.78, 5) is 29.9. The second kappa shape index (κ2) is 7.75. The molecule has 25 heavy (non-hydrogen) atoms. The van der Waals surface area contributed by atoms with E-state index in [9.17, 15) is 9.59 Å². The van der Waals surface area contributed by atoms with Crippen molar-refractivity contribution in [3.63, 3.8) is 0 Å². The molecule has 3 rings (SSSR count). The van der Waals surface area contributed by atoms with Crippen LogP contribution >= 0.6 is 11.8 Å². The Morgan fingerprint density at radius 1 is 1.44 bits per heavy atom. The predicted molar refractivity (Wildman–Crippen MR) is 101 cm³/mol. The minimum atomic E-state index is -0.380. The molecular weight excluding hydrogens is 334 g/mol. The molecule has 130 valence electrons. The number of rotatable bonds is 5. The Morgan fingerprint density at radius 2 is 2.16 bits per heavy atom. The summed E-state index contributed by atoms with van der Waals surface area (Å²) in [6.07, 6.45) is 9.38. The lowest BCUT2D eigenvalue weighted by atomic mass is 10.2. The van der Waals surface area contributed by atoms with Gasteiger partial charge in [-0.3, -0.25) is 14.2 Å². The maximum atomic E-state index is 13.0. The minimum absolute atomic E-state index is 0.0174. The second-order valence-electron chi connectivity index (χ2n) is 6.21. The van der Waals surface area contributed by atoms with Crippen LogP contribution in [0, 0.1) is 12.3 Å². The number of nitrogens with zero attached hydrogens (tertiary/aromatic N) is 2. The Morgan fingerprint density at radius 3 is 2.88 bits per heavy atom. The van der Waals surface area contributed by atoms with E-state index in [0.29, 0.717) is 16.1 Å². The summed E-state index contributed by atoms with van der Waals surface area (Å²) < 4.78 is 1.80. The largest absolute Gasteiger partial charge is 0.344 e. The number of nitrogens with one attached hydrogen (secondary N) is 1. The van der Waals surface area contributed by atoms with E-state index in [1.54, 1.807) is 11.5 Å². The standard InChI is InChI=1S/C19H21N3O2S/c1-3-12-20-17(23)13(2)25-19-21-16-11-7-6-10-15(16)18(24)22(19)14-8-4-5-9-14/h1,6-7,10-11,13-14H,4-5,8-9,12H2,2H3,(H,20,23). The van der Waals surface area contributed by atoms with Crippen LogP contribution in [0.2, 0.25) is 0 Å². The van der Waals surface area contributed by atoms with Crippen LogP contribution in [0.1, 0.15) is 38.6 Å². The van der Waals surface area contributed by atoms with Gasteiger partial charge in [0.2, 0.25) is 5.91 Å². The van der Waals surface area contributed by atoms with Crippen LogP contribution in [0.25, 0.3) is 10.9 Å². The highest BCUT2D eigenvalue weighted by atomic mass is 32.2. The quantitative estimate of drug-likeness (QED) is 0.509. The fraction of sp³-hybridized carbons (Fsp3) is 0.421. The fourth-order valence-electron chi connectivity index (χ4n) is 3.19. The zero-order valence-electron chi connectivity index (χ0n) is 14.2. The summed E-state index contributed by atoms with van der Waals surface area (Å²) >= 11 is 1.32. The van der Waals surface area contributed by atoms with Crippen molar-refractivity contribution in [1.82, 2.24) is 14.9 Å². The number of thioether (sulfide) groups is 1. The Bertz CT molecular complexity index is 878. The van der Waals surface area contributed by atoms with Crippen LogP contribution in [0.15, 0.2) is 34.2 Å². The van der Waals surface area contributed by atoms with E-state index < -0.39 is 0 Å². The maximum absolute atomic E-state index is 13.0. The van der Waals surface area contributed by atoms with Gasteiger partial charge in [0.1, 0.15) is 0 Å². The topological polar surface area (TPSA) is 64.0 Å². The number of carbonyl (C=O) groups is 1. The van der Waals surface area contributed by atoms with Crippen molar-refractivity contribution in [2.24, 2.45) is 0 Å². The van der Waals surface area contributed by atoms with Crippen molar-refractivity contribution in [2.45, 2.75) is 49.1 Å². The Balaban J connectivity index is 2.00. The van der Waals surface area contributed by atoms with Crippen LogP contribution in [-0.4, -0.2) is 27.3 Å². The van der Waals surface area contributed by atoms with Crippen LogP contribution < -0.4 is 10.9 Å². The van der Waals surface area contributed by atoms with Gasteiger partial charge in [-0.05, 0) is 31.9 Å². The highest BCUT2D eigenvalue weighted by molar-refractivity contribution is 8.00. The number of benzene rings is 1. The van der Waals surface area contributed by atoms with Gasteiger partial charge in [-0.2, -0.15) is 0 Å². The smallest absolute Gasteiger partial charge is 0.262 e. The van der Waals surface area contributed by atoms with E-state index in [4.69, 9.17) is 6.42 Å². The van der Waals surface area contributed by atoms with Gasteiger partial charge in [0.15, 0.2) is 5.16 Å². The third-order valence-corrected chi connectivity index (χ3v) is 5.55. The van der Waals surface area contributed by atoms with E-state index in [2.05, 4.69) is 16.2 Å². The van der Waals surface area contributed by atoms with Crippen molar-refractivity contribution in [1.29, 1.82) is 0 Å². The van der Waals surface area contributed by atoms with Gasteiger partial charge < -0.3 is 5.32 Å². The first kappa shape index (κ1) is 17.6. The summed E-state index contributed by atoms with van der Waals surface area (Å²) in [6.45, 7) is 2.00. The fourth-order valence-corrected chi connectivity index (χ4v) is 4.19. The third kappa shape index (κ3) is 3.72. The van der Waals surface area contributed by atoms with Crippen molar-refractivity contribution in [3.05, 3.63) is 34.6 Å². The van der Waals surface area contributed by atoms with Gasteiger partial charge in [-0.1, -0.05) is 42.7 Å². The number of para-hydroxylation sites is 1. The van der Waals surface area contributed by atoms with Gasteiger partial charge in [0.05, 0.1) is 22.7 Å². The van der Waals surface area contributed by atoms with Crippen molar-refractivity contribution < 1.29 is 4.79 Å². The first-order chi connectivity index (χ1) is 12.1. The van der Waals surface area contributed by atoms with Crippen molar-refractivity contribution in [3.8, 4) is 12.3 Å². The molecule has 1 aromatic heterocycles. The number of terminal acetylenes is 1. The van der Waals surface area contributed by atoms with Crippen LogP contribution in [0.3, 0.4) is 0 Å². The highest BCUT2D eigenvalue weighted by Gasteiger charge is 2.25. The van der Waals surface area contributed by atoms with E-state index >= 15 is 0 Å². The molecule has 5 nitrogen and oxygen atoms in total.